The van der Waals surface area contributed by atoms with Gasteiger partial charge < -0.3 is 9.72 Å². The van der Waals surface area contributed by atoms with Crippen molar-refractivity contribution in [1.29, 1.82) is 0 Å². The molecule has 2 N–H and O–H groups in total. The van der Waals surface area contributed by atoms with E-state index in [1.165, 1.54) is 13.2 Å². The van der Waals surface area contributed by atoms with Crippen LogP contribution < -0.4 is 15.0 Å². The van der Waals surface area contributed by atoms with Gasteiger partial charge in [-0.25, -0.2) is 21.6 Å². The summed E-state index contributed by atoms with van der Waals surface area (Å²) in [7, 11) is -2.03. The van der Waals surface area contributed by atoms with Gasteiger partial charge in [-0.1, -0.05) is 24.3 Å². The number of anilines is 1. The van der Waals surface area contributed by atoms with E-state index in [1.807, 2.05) is 0 Å². The number of benzene rings is 2. The van der Waals surface area contributed by atoms with Gasteiger partial charge in [0.25, 0.3) is 5.56 Å². The van der Waals surface area contributed by atoms with Crippen molar-refractivity contribution < 1.29 is 26.3 Å². The molecule has 0 amide bonds. The minimum absolute atomic E-state index is 0.0184. The molecule has 4 rings (SSSR count). The first-order valence-corrected chi connectivity index (χ1v) is 12.6. The first kappa shape index (κ1) is 24.6. The Bertz CT molecular complexity index is 1440. The van der Waals surface area contributed by atoms with Crippen molar-refractivity contribution in [2.24, 2.45) is 0 Å². The normalized spacial score (nSPS) is 14.9. The van der Waals surface area contributed by atoms with Crippen LogP contribution in [0.5, 0.6) is 5.75 Å². The highest BCUT2D eigenvalue weighted by molar-refractivity contribution is 7.92. The number of hydrogen-bond donors (Lipinski definition) is 2. The molecule has 1 saturated carbocycles. The fraction of sp³-hybridized carbons (Fsp3) is 0.240. The highest BCUT2D eigenvalue weighted by atomic mass is 32.2. The van der Waals surface area contributed by atoms with E-state index in [4.69, 9.17) is 4.74 Å². The second-order valence-electron chi connectivity index (χ2n) is 8.49. The first-order chi connectivity index (χ1) is 16.5. The fourth-order valence-electron chi connectivity index (χ4n) is 4.00. The smallest absolute Gasteiger partial charge is 0.256 e. The summed E-state index contributed by atoms with van der Waals surface area (Å²) in [6, 6.07) is 10.7. The number of aromatic nitrogens is 1. The van der Waals surface area contributed by atoms with Gasteiger partial charge in [-0.3, -0.25) is 9.52 Å². The quantitative estimate of drug-likeness (QED) is 0.422. The minimum Gasteiger partial charge on any atom is -0.496 e. The Labute approximate surface area is 200 Å². The van der Waals surface area contributed by atoms with Gasteiger partial charge in [-0.2, -0.15) is 0 Å². The topological polar surface area (TPSA) is 88.3 Å². The van der Waals surface area contributed by atoms with E-state index in [9.17, 15) is 26.4 Å². The molecule has 1 aliphatic carbocycles. The van der Waals surface area contributed by atoms with Crippen molar-refractivity contribution in [2.45, 2.75) is 24.7 Å². The number of rotatable bonds is 8. The largest absolute Gasteiger partial charge is 0.496 e. The molecular weight excluding hydrogens is 481 g/mol. The van der Waals surface area contributed by atoms with Crippen LogP contribution in [0.2, 0.25) is 0 Å². The zero-order valence-electron chi connectivity index (χ0n) is 18.9. The summed E-state index contributed by atoms with van der Waals surface area (Å²) in [5, 5.41) is 0. The van der Waals surface area contributed by atoms with E-state index in [1.54, 1.807) is 42.5 Å². The van der Waals surface area contributed by atoms with Gasteiger partial charge in [0.15, 0.2) is 0 Å². The zero-order valence-corrected chi connectivity index (χ0v) is 19.8. The number of hydrogen-bond acceptors (Lipinski definition) is 4. The van der Waals surface area contributed by atoms with Crippen LogP contribution in [-0.2, 0) is 15.4 Å². The van der Waals surface area contributed by atoms with Crippen molar-refractivity contribution in [3.63, 3.8) is 0 Å². The Kier molecular flexibility index (Phi) is 6.50. The van der Waals surface area contributed by atoms with E-state index < -0.39 is 33.2 Å². The van der Waals surface area contributed by atoms with Crippen molar-refractivity contribution in [1.82, 2.24) is 4.98 Å². The Morgan fingerprint density at radius 3 is 2.37 bits per heavy atom. The molecule has 0 radical (unpaired) electrons. The van der Waals surface area contributed by atoms with Crippen LogP contribution in [0.4, 0.5) is 18.9 Å². The molecular formula is C25H23F3N2O4S. The summed E-state index contributed by atoms with van der Waals surface area (Å²) >= 11 is 0. The van der Waals surface area contributed by atoms with Gasteiger partial charge in [-0.05, 0) is 54.3 Å². The Morgan fingerprint density at radius 1 is 1.11 bits per heavy atom. The predicted octanol–water partition coefficient (Wildman–Crippen LogP) is 5.03. The first-order valence-electron chi connectivity index (χ1n) is 10.7. The van der Waals surface area contributed by atoms with Crippen LogP contribution in [-0.4, -0.2) is 33.2 Å². The third-order valence-electron chi connectivity index (χ3n) is 5.91. The molecule has 3 aromatic rings. The number of ether oxygens (including phenoxy) is 1. The van der Waals surface area contributed by atoms with Gasteiger partial charge in [0, 0.05) is 28.6 Å². The number of pyridine rings is 1. The summed E-state index contributed by atoms with van der Waals surface area (Å²) in [4.78, 5) is 14.7. The molecule has 1 fully saturated rings. The van der Waals surface area contributed by atoms with Gasteiger partial charge >= 0.3 is 0 Å². The van der Waals surface area contributed by atoms with Gasteiger partial charge in [-0.15, -0.1) is 0 Å². The van der Waals surface area contributed by atoms with Crippen LogP contribution >= 0.6 is 0 Å². The van der Waals surface area contributed by atoms with E-state index in [0.29, 0.717) is 22.4 Å². The van der Waals surface area contributed by atoms with Gasteiger partial charge in [0.05, 0.1) is 18.8 Å². The van der Waals surface area contributed by atoms with Crippen molar-refractivity contribution >= 4 is 27.9 Å². The Balaban J connectivity index is 1.81. The average molecular weight is 505 g/mol. The molecule has 35 heavy (non-hydrogen) atoms. The van der Waals surface area contributed by atoms with Crippen LogP contribution in [0.3, 0.4) is 0 Å². The average Bonchev–Trinajstić information content (AvgIpc) is 3.61. The molecule has 0 aliphatic heterocycles. The molecule has 0 bridgehead atoms. The highest BCUT2D eigenvalue weighted by Gasteiger charge is 2.54. The van der Waals surface area contributed by atoms with Crippen molar-refractivity contribution in [2.75, 3.05) is 18.1 Å². The monoisotopic (exact) mass is 504 g/mol. The summed E-state index contributed by atoms with van der Waals surface area (Å²) in [5.74, 6) is -0.405. The summed E-state index contributed by atoms with van der Waals surface area (Å²) < 4.78 is 72.7. The number of halogens is 3. The molecule has 184 valence electrons. The molecule has 0 unspecified atom stereocenters. The molecule has 1 aromatic heterocycles. The Hall–Kier alpha value is -3.53. The predicted molar refractivity (Wildman–Crippen MR) is 130 cm³/mol. The van der Waals surface area contributed by atoms with Crippen LogP contribution in [0.15, 0.2) is 53.5 Å². The van der Waals surface area contributed by atoms with Crippen LogP contribution in [0.1, 0.15) is 29.5 Å². The number of aromatic amines is 1. The lowest BCUT2D eigenvalue weighted by Crippen LogP contribution is -2.19. The van der Waals surface area contributed by atoms with Gasteiger partial charge in [0.2, 0.25) is 16.4 Å². The molecule has 1 heterocycles. The second-order valence-corrected chi connectivity index (χ2v) is 10.2. The van der Waals surface area contributed by atoms with E-state index in [-0.39, 0.29) is 29.7 Å². The standard InChI is InChI=1S/C25H23F3N2O4S/c1-34-22-16(6-3-15-4-7-19(8-5-15)30-35(2,32)33)11-17(20-13-18(26)14-29-23(20)31)12-21(22)25(9-10-25)24(27)28/h3-8,11-14,24,30H,9-10H2,1-2H3,(H,29,31)/b6-3+. The molecule has 2 aromatic carbocycles. The van der Waals surface area contributed by atoms with Crippen LogP contribution in [0, 0.1) is 5.82 Å². The summed E-state index contributed by atoms with van der Waals surface area (Å²) in [6.07, 6.45) is 3.23. The lowest BCUT2D eigenvalue weighted by Gasteiger charge is -2.21. The molecule has 0 atom stereocenters. The zero-order chi connectivity index (χ0) is 25.4. The van der Waals surface area contributed by atoms with E-state index >= 15 is 0 Å². The third kappa shape index (κ3) is 5.27. The molecule has 1 aliphatic rings. The number of methoxy groups -OCH3 is 1. The highest BCUT2D eigenvalue weighted by Crippen LogP contribution is 2.56. The lowest BCUT2D eigenvalue weighted by molar-refractivity contribution is 0.100. The number of alkyl halides is 2. The molecule has 6 nitrogen and oxygen atoms in total. The maximum atomic E-state index is 14.0. The maximum Gasteiger partial charge on any atom is 0.256 e. The summed E-state index contributed by atoms with van der Waals surface area (Å²) in [5.41, 5.74) is 0.181. The lowest BCUT2D eigenvalue weighted by atomic mass is 9.89. The number of sulfonamides is 1. The van der Waals surface area contributed by atoms with Crippen LogP contribution in [0.25, 0.3) is 23.3 Å². The number of H-pyrrole nitrogens is 1. The second kappa shape index (κ2) is 9.26. The molecule has 0 spiro atoms. The van der Waals surface area contributed by atoms with Crippen molar-refractivity contribution in [3.05, 3.63) is 81.5 Å². The molecule has 10 heteroatoms. The maximum absolute atomic E-state index is 14.0. The fourth-order valence-corrected chi connectivity index (χ4v) is 4.57. The van der Waals surface area contributed by atoms with Crippen molar-refractivity contribution in [3.8, 4) is 16.9 Å². The summed E-state index contributed by atoms with van der Waals surface area (Å²) in [6.45, 7) is 0. The molecule has 0 saturated heterocycles. The van der Waals surface area contributed by atoms with E-state index in [0.717, 1.165) is 18.5 Å². The SMILES string of the molecule is COc1c(/C=C/c2ccc(NS(C)(=O)=O)cc2)cc(-c2cc(F)c[nH]c2=O)cc1C1(C(F)F)CC1. The minimum atomic E-state index is -3.41. The third-order valence-corrected chi connectivity index (χ3v) is 6.52. The van der Waals surface area contributed by atoms with E-state index in [2.05, 4.69) is 9.71 Å². The van der Waals surface area contributed by atoms with Gasteiger partial charge in [0.1, 0.15) is 11.6 Å². The number of nitrogens with one attached hydrogen (secondary N) is 2. The Morgan fingerprint density at radius 2 is 1.80 bits per heavy atom.